The molecule has 0 aliphatic heterocycles. The van der Waals surface area contributed by atoms with Gasteiger partial charge in [0.15, 0.2) is 0 Å². The van der Waals surface area contributed by atoms with Crippen LogP contribution in [0, 0.1) is 0 Å². The van der Waals surface area contributed by atoms with E-state index in [9.17, 15) is 9.59 Å². The summed E-state index contributed by atoms with van der Waals surface area (Å²) in [6.45, 7) is 0. The molecule has 0 heterocycles. The van der Waals surface area contributed by atoms with Crippen LogP contribution in [0.3, 0.4) is 0 Å². The zero-order valence-corrected chi connectivity index (χ0v) is 10.2. The van der Waals surface area contributed by atoms with Gasteiger partial charge < -0.3 is 13.1 Å². The number of carboxylic acids is 2. The van der Waals surface area contributed by atoms with Gasteiger partial charge in [-0.2, -0.15) is 0 Å². The molecule has 0 aliphatic carbocycles. The molecule has 2 N–H and O–H groups in total. The maximum atomic E-state index is 10.3. The van der Waals surface area contributed by atoms with E-state index in [0.29, 0.717) is 0 Å². The normalized spacial score (nSPS) is 8.62. The average Bonchev–Trinajstić information content (AvgIpc) is 2.04. The van der Waals surface area contributed by atoms with Crippen molar-refractivity contribution < 1.29 is 22.7 Å². The molecule has 66 valence electrons. The van der Waals surface area contributed by atoms with Crippen molar-refractivity contribution in [3.8, 4) is 0 Å². The van der Waals surface area contributed by atoms with Crippen molar-refractivity contribution in [2.45, 2.75) is 0 Å². The molecule has 1 rings (SSSR count). The third-order valence-corrected chi connectivity index (χ3v) is 1.38. The number of carbonyl (C=O) groups is 2. The van der Waals surface area contributed by atoms with Crippen LogP contribution in [-0.2, 0) is 0 Å². The Kier molecular flexibility index (Phi) is 5.24. The summed E-state index contributed by atoms with van der Waals surface area (Å²) in [5, 5.41) is 16.9. The Labute approximate surface area is 114 Å². The summed E-state index contributed by atoms with van der Waals surface area (Å²) in [6, 6.07) is 5.02. The van der Waals surface area contributed by atoms with Crippen LogP contribution in [0.5, 0.6) is 0 Å². The van der Waals surface area contributed by atoms with E-state index in [1.165, 1.54) is 24.3 Å². The molecule has 4 nitrogen and oxygen atoms in total. The van der Waals surface area contributed by atoms with Crippen molar-refractivity contribution in [2.24, 2.45) is 0 Å². The first-order valence-electron chi connectivity index (χ1n) is 3.18. The summed E-state index contributed by atoms with van der Waals surface area (Å²) in [5.74, 6) is -2.13. The fraction of sp³-hybridized carbons (Fsp3) is 0. The van der Waals surface area contributed by atoms with Gasteiger partial charge in [-0.3, -0.25) is 0 Å². The van der Waals surface area contributed by atoms with Crippen LogP contribution in [0.25, 0.3) is 0 Å². The number of rotatable bonds is 2. The molecule has 13 heavy (non-hydrogen) atoms. The Bertz CT molecular complexity index is 293. The molecule has 1 aromatic rings. The predicted octanol–water partition coefficient (Wildman–Crippen LogP) is 0.927. The largest absolute Gasteiger partial charge is 2.00 e. The fourth-order valence-electron chi connectivity index (χ4n) is 0.755. The first-order chi connectivity index (χ1) is 5.61. The van der Waals surface area contributed by atoms with Crippen LogP contribution in [0.2, 0.25) is 0 Å². The molecule has 0 fully saturated rings. The second-order valence-corrected chi connectivity index (χ2v) is 2.19. The summed E-state index contributed by atoms with van der Waals surface area (Å²) in [5.41, 5.74) is 0.167. The van der Waals surface area contributed by atoms with Crippen molar-refractivity contribution in [1.29, 1.82) is 0 Å². The fourth-order valence-corrected chi connectivity index (χ4v) is 0.755. The van der Waals surface area contributed by atoms with Crippen molar-refractivity contribution >= 4 is 57.4 Å². The minimum atomic E-state index is -1.06. The second kappa shape index (κ2) is 5.39. The molecule has 0 unspecified atom stereocenters. The van der Waals surface area contributed by atoms with Gasteiger partial charge in [0, 0.05) is 0 Å². The van der Waals surface area contributed by atoms with Crippen LogP contribution in [0.4, 0.5) is 0 Å². The summed E-state index contributed by atoms with van der Waals surface area (Å²) >= 11 is 0. The van der Waals surface area contributed by atoms with Crippen LogP contribution in [0.1, 0.15) is 23.6 Å². The molecule has 1 aromatic carbocycles. The van der Waals surface area contributed by atoms with Crippen LogP contribution < -0.4 is 0 Å². The van der Waals surface area contributed by atoms with Gasteiger partial charge >= 0.3 is 57.4 Å². The number of benzene rings is 1. The van der Waals surface area contributed by atoms with E-state index in [2.05, 4.69) is 0 Å². The molecule has 0 amide bonds. The van der Waals surface area contributed by atoms with E-state index in [-0.39, 0.29) is 59.5 Å². The molecule has 0 radical (unpaired) electrons. The van der Waals surface area contributed by atoms with Gasteiger partial charge in [-0.25, -0.2) is 9.59 Å². The van der Waals surface area contributed by atoms with Gasteiger partial charge in [0.05, 0.1) is 11.1 Å². The van der Waals surface area contributed by atoms with Gasteiger partial charge in [-0.05, 0) is 24.3 Å². The maximum Gasteiger partial charge on any atom is 2.00 e. The SMILES string of the molecule is O=C(O)c1ccc(C(=O)O)cc1.[H-].[H-].[Sr+2]. The zero-order chi connectivity index (χ0) is 9.14. The molecular formula is C8H8O4Sr. The Morgan fingerprint density at radius 3 is 1.31 bits per heavy atom. The molecule has 0 saturated heterocycles. The minimum absolute atomic E-state index is 0. The van der Waals surface area contributed by atoms with Crippen LogP contribution >= 0.6 is 0 Å². The smallest absolute Gasteiger partial charge is 1.00 e. The summed E-state index contributed by atoms with van der Waals surface area (Å²) < 4.78 is 0. The predicted molar refractivity (Wildman–Crippen MR) is 48.3 cm³/mol. The molecular weight excluding hydrogens is 248 g/mol. The number of aromatic carboxylic acids is 2. The molecule has 0 aromatic heterocycles. The minimum Gasteiger partial charge on any atom is -1.00 e. The van der Waals surface area contributed by atoms with Crippen molar-refractivity contribution in [3.63, 3.8) is 0 Å². The number of hydrogen-bond acceptors (Lipinski definition) is 2. The van der Waals surface area contributed by atoms with Crippen LogP contribution in [0.15, 0.2) is 24.3 Å². The Morgan fingerprint density at radius 2 is 1.15 bits per heavy atom. The van der Waals surface area contributed by atoms with Gasteiger partial charge in [-0.15, -0.1) is 0 Å². The number of carboxylic acid groups (broad SMARTS) is 2. The molecule has 5 heteroatoms. The first-order valence-corrected chi connectivity index (χ1v) is 3.18. The standard InChI is InChI=1S/C8H6O4.Sr.2H/c9-7(10)5-1-2-6(4-3-5)8(11)12;;;/h1-4H,(H,9,10)(H,11,12);;;/q;+2;2*-1. The Hall–Kier alpha value is -0.359. The van der Waals surface area contributed by atoms with Crippen molar-refractivity contribution in [3.05, 3.63) is 35.4 Å². The molecule has 0 atom stereocenters. The van der Waals surface area contributed by atoms with E-state index in [1.807, 2.05) is 0 Å². The third kappa shape index (κ3) is 3.48. The quantitative estimate of drug-likeness (QED) is 0.771. The van der Waals surface area contributed by atoms with Gasteiger partial charge in [0.2, 0.25) is 0 Å². The molecule has 0 spiro atoms. The second-order valence-electron chi connectivity index (χ2n) is 2.19. The summed E-state index contributed by atoms with van der Waals surface area (Å²) in [6.07, 6.45) is 0. The van der Waals surface area contributed by atoms with Crippen LogP contribution in [-0.4, -0.2) is 67.6 Å². The maximum absolute atomic E-state index is 10.3. The average molecular weight is 256 g/mol. The molecule has 0 aliphatic rings. The molecule has 0 saturated carbocycles. The third-order valence-electron chi connectivity index (χ3n) is 1.38. The van der Waals surface area contributed by atoms with E-state index >= 15 is 0 Å². The number of hydrogen-bond donors (Lipinski definition) is 2. The van der Waals surface area contributed by atoms with Crippen molar-refractivity contribution in [1.82, 2.24) is 0 Å². The van der Waals surface area contributed by atoms with Gasteiger partial charge in [0.1, 0.15) is 0 Å². The van der Waals surface area contributed by atoms with Gasteiger partial charge in [0.25, 0.3) is 0 Å². The van der Waals surface area contributed by atoms with E-state index in [0.717, 1.165) is 0 Å². The van der Waals surface area contributed by atoms with E-state index in [4.69, 9.17) is 10.2 Å². The van der Waals surface area contributed by atoms with Crippen molar-refractivity contribution in [2.75, 3.05) is 0 Å². The van der Waals surface area contributed by atoms with E-state index in [1.54, 1.807) is 0 Å². The van der Waals surface area contributed by atoms with E-state index < -0.39 is 11.9 Å². The topological polar surface area (TPSA) is 74.6 Å². The van der Waals surface area contributed by atoms with Gasteiger partial charge in [-0.1, -0.05) is 0 Å². The first kappa shape index (κ1) is 12.6. The Balaban J connectivity index is -0.000000480. The zero-order valence-electron chi connectivity index (χ0n) is 8.73. The summed E-state index contributed by atoms with van der Waals surface area (Å²) in [7, 11) is 0. The summed E-state index contributed by atoms with van der Waals surface area (Å²) in [4.78, 5) is 20.7. The Morgan fingerprint density at radius 1 is 0.923 bits per heavy atom. The molecule has 0 bridgehead atoms. The monoisotopic (exact) mass is 256 g/mol.